The standard InChI is InChI=1S/C16H17N3O3/c1-3-16(12-7-5-4-6-8-12)14(20)19(15(21)17-16)10-13-9-11(2)18-22-13/h4-9H,3,10H2,1-2H3,(H,17,21). The van der Waals surface area contributed by atoms with Gasteiger partial charge in [-0.1, -0.05) is 42.4 Å². The molecule has 1 saturated heterocycles. The highest BCUT2D eigenvalue weighted by molar-refractivity contribution is 6.07. The molecule has 0 aliphatic carbocycles. The second-order valence-corrected chi connectivity index (χ2v) is 5.38. The van der Waals surface area contributed by atoms with Crippen LogP contribution in [0.5, 0.6) is 0 Å². The molecule has 1 unspecified atom stereocenters. The average molecular weight is 299 g/mol. The van der Waals surface area contributed by atoms with Gasteiger partial charge in [0.15, 0.2) is 5.76 Å². The Kier molecular flexibility index (Phi) is 3.44. The lowest BCUT2D eigenvalue weighted by Gasteiger charge is -2.25. The molecule has 22 heavy (non-hydrogen) atoms. The minimum absolute atomic E-state index is 0.0834. The van der Waals surface area contributed by atoms with E-state index in [0.717, 1.165) is 5.56 Å². The molecule has 1 aliphatic heterocycles. The first-order valence-corrected chi connectivity index (χ1v) is 7.18. The van der Waals surface area contributed by atoms with E-state index in [2.05, 4.69) is 10.5 Å². The maximum Gasteiger partial charge on any atom is 0.325 e. The minimum Gasteiger partial charge on any atom is -0.359 e. The largest absolute Gasteiger partial charge is 0.359 e. The van der Waals surface area contributed by atoms with Gasteiger partial charge >= 0.3 is 6.03 Å². The molecule has 114 valence electrons. The van der Waals surface area contributed by atoms with E-state index in [9.17, 15) is 9.59 Å². The normalized spacial score (nSPS) is 21.3. The summed E-state index contributed by atoms with van der Waals surface area (Å²) >= 11 is 0. The predicted molar refractivity (Wildman–Crippen MR) is 78.7 cm³/mol. The van der Waals surface area contributed by atoms with Crippen LogP contribution >= 0.6 is 0 Å². The highest BCUT2D eigenvalue weighted by Crippen LogP contribution is 2.33. The molecule has 1 aliphatic rings. The van der Waals surface area contributed by atoms with Crippen molar-refractivity contribution < 1.29 is 14.1 Å². The van der Waals surface area contributed by atoms with Crippen molar-refractivity contribution >= 4 is 11.9 Å². The zero-order chi connectivity index (χ0) is 15.7. The Morgan fingerprint density at radius 2 is 2.00 bits per heavy atom. The number of benzene rings is 1. The Bertz CT molecular complexity index is 710. The van der Waals surface area contributed by atoms with E-state index in [1.165, 1.54) is 4.90 Å². The van der Waals surface area contributed by atoms with E-state index in [1.54, 1.807) is 13.0 Å². The van der Waals surface area contributed by atoms with Gasteiger partial charge in [0, 0.05) is 6.07 Å². The fourth-order valence-electron chi connectivity index (χ4n) is 2.78. The van der Waals surface area contributed by atoms with Crippen LogP contribution in [-0.2, 0) is 16.9 Å². The van der Waals surface area contributed by atoms with E-state index in [0.29, 0.717) is 17.9 Å². The Morgan fingerprint density at radius 3 is 2.59 bits per heavy atom. The zero-order valence-electron chi connectivity index (χ0n) is 12.5. The van der Waals surface area contributed by atoms with E-state index < -0.39 is 11.6 Å². The fourth-order valence-corrected chi connectivity index (χ4v) is 2.78. The molecule has 0 radical (unpaired) electrons. The van der Waals surface area contributed by atoms with Crippen molar-refractivity contribution in [3.8, 4) is 0 Å². The van der Waals surface area contributed by atoms with Crippen LogP contribution in [-0.4, -0.2) is 22.0 Å². The van der Waals surface area contributed by atoms with Gasteiger partial charge in [-0.3, -0.25) is 9.69 Å². The monoisotopic (exact) mass is 299 g/mol. The van der Waals surface area contributed by atoms with Crippen LogP contribution in [0.1, 0.15) is 30.4 Å². The Balaban J connectivity index is 1.93. The van der Waals surface area contributed by atoms with Crippen molar-refractivity contribution in [1.82, 2.24) is 15.4 Å². The van der Waals surface area contributed by atoms with Crippen molar-refractivity contribution in [2.24, 2.45) is 0 Å². The summed E-state index contributed by atoms with van der Waals surface area (Å²) in [6, 6.07) is 10.6. The number of amides is 3. The third kappa shape index (κ3) is 2.16. The summed E-state index contributed by atoms with van der Waals surface area (Å²) in [4.78, 5) is 26.3. The number of aryl methyl sites for hydroxylation is 1. The topological polar surface area (TPSA) is 75.4 Å². The number of rotatable bonds is 4. The van der Waals surface area contributed by atoms with Gasteiger partial charge < -0.3 is 9.84 Å². The summed E-state index contributed by atoms with van der Waals surface area (Å²) in [5.41, 5.74) is 0.493. The Morgan fingerprint density at radius 1 is 1.27 bits per heavy atom. The highest BCUT2D eigenvalue weighted by Gasteiger charge is 2.51. The van der Waals surface area contributed by atoms with Crippen LogP contribution < -0.4 is 5.32 Å². The lowest BCUT2D eigenvalue weighted by Crippen LogP contribution is -2.43. The van der Waals surface area contributed by atoms with Crippen LogP contribution in [0.4, 0.5) is 4.79 Å². The summed E-state index contributed by atoms with van der Waals surface area (Å²) in [5.74, 6) is 0.223. The first-order valence-electron chi connectivity index (χ1n) is 7.18. The van der Waals surface area contributed by atoms with E-state index in [1.807, 2.05) is 37.3 Å². The molecule has 1 atom stereocenters. The van der Waals surface area contributed by atoms with Gasteiger partial charge in [-0.2, -0.15) is 0 Å². The van der Waals surface area contributed by atoms with Gasteiger partial charge in [0.1, 0.15) is 5.54 Å². The van der Waals surface area contributed by atoms with Crippen molar-refractivity contribution in [2.75, 3.05) is 0 Å². The quantitative estimate of drug-likeness (QED) is 0.879. The number of carbonyl (C=O) groups is 2. The van der Waals surface area contributed by atoms with Gasteiger partial charge in [-0.15, -0.1) is 0 Å². The molecule has 1 aromatic carbocycles. The highest BCUT2D eigenvalue weighted by atomic mass is 16.5. The zero-order valence-corrected chi connectivity index (χ0v) is 12.5. The third-order valence-electron chi connectivity index (χ3n) is 3.96. The number of hydrogen-bond donors (Lipinski definition) is 1. The molecule has 6 heteroatoms. The molecular formula is C16H17N3O3. The molecule has 6 nitrogen and oxygen atoms in total. The SMILES string of the molecule is CCC1(c2ccccc2)NC(=O)N(Cc2cc(C)no2)C1=O. The molecule has 0 spiro atoms. The molecule has 2 heterocycles. The molecule has 0 bridgehead atoms. The molecule has 1 N–H and O–H groups in total. The number of urea groups is 1. The van der Waals surface area contributed by atoms with Crippen LogP contribution in [0.3, 0.4) is 0 Å². The van der Waals surface area contributed by atoms with Gasteiger partial charge in [0.25, 0.3) is 5.91 Å². The summed E-state index contributed by atoms with van der Waals surface area (Å²) in [6.07, 6.45) is 0.480. The summed E-state index contributed by atoms with van der Waals surface area (Å²) in [5, 5.41) is 6.61. The summed E-state index contributed by atoms with van der Waals surface area (Å²) < 4.78 is 5.11. The lowest BCUT2D eigenvalue weighted by molar-refractivity contribution is -0.132. The molecule has 1 aromatic heterocycles. The van der Waals surface area contributed by atoms with Crippen molar-refractivity contribution in [2.45, 2.75) is 32.4 Å². The summed E-state index contributed by atoms with van der Waals surface area (Å²) in [7, 11) is 0. The van der Waals surface area contributed by atoms with Gasteiger partial charge in [0.2, 0.25) is 0 Å². The van der Waals surface area contributed by atoms with E-state index in [-0.39, 0.29) is 12.5 Å². The number of hydrogen-bond acceptors (Lipinski definition) is 4. The third-order valence-corrected chi connectivity index (χ3v) is 3.96. The van der Waals surface area contributed by atoms with Crippen LogP contribution in [0.25, 0.3) is 0 Å². The van der Waals surface area contributed by atoms with E-state index in [4.69, 9.17) is 4.52 Å². The molecular weight excluding hydrogens is 282 g/mol. The van der Waals surface area contributed by atoms with E-state index >= 15 is 0 Å². The Labute approximate surface area is 128 Å². The van der Waals surface area contributed by atoms with Crippen molar-refractivity contribution in [3.05, 3.63) is 53.4 Å². The number of aromatic nitrogens is 1. The number of nitrogens with zero attached hydrogens (tertiary/aromatic N) is 2. The van der Waals surface area contributed by atoms with Gasteiger partial charge in [-0.05, 0) is 18.9 Å². The number of carbonyl (C=O) groups excluding carboxylic acids is 2. The number of imide groups is 1. The average Bonchev–Trinajstić information content (AvgIpc) is 3.05. The smallest absolute Gasteiger partial charge is 0.325 e. The van der Waals surface area contributed by atoms with Crippen LogP contribution in [0, 0.1) is 6.92 Å². The fraction of sp³-hybridized carbons (Fsp3) is 0.312. The predicted octanol–water partition coefficient (Wildman–Crippen LogP) is 2.34. The maximum absolute atomic E-state index is 12.9. The molecule has 2 aromatic rings. The second kappa shape index (κ2) is 5.29. The van der Waals surface area contributed by atoms with Crippen LogP contribution in [0.2, 0.25) is 0 Å². The first-order chi connectivity index (χ1) is 10.6. The number of nitrogens with one attached hydrogen (secondary N) is 1. The molecule has 3 rings (SSSR count). The maximum atomic E-state index is 12.9. The molecule has 1 fully saturated rings. The molecule has 3 amide bonds. The lowest BCUT2D eigenvalue weighted by atomic mass is 9.87. The van der Waals surface area contributed by atoms with Crippen LogP contribution in [0.15, 0.2) is 40.9 Å². The van der Waals surface area contributed by atoms with Gasteiger partial charge in [0.05, 0.1) is 12.2 Å². The van der Waals surface area contributed by atoms with Crippen molar-refractivity contribution in [3.63, 3.8) is 0 Å². The molecule has 0 saturated carbocycles. The Hall–Kier alpha value is -2.63. The van der Waals surface area contributed by atoms with Gasteiger partial charge in [-0.25, -0.2) is 4.79 Å². The second-order valence-electron chi connectivity index (χ2n) is 5.38. The van der Waals surface area contributed by atoms with Crippen molar-refractivity contribution in [1.29, 1.82) is 0 Å². The minimum atomic E-state index is -1.01. The first kappa shape index (κ1) is 14.3. The summed E-state index contributed by atoms with van der Waals surface area (Å²) in [6.45, 7) is 3.76.